The molecule has 2 aliphatic rings. The molecule has 38 heavy (non-hydrogen) atoms. The van der Waals surface area contributed by atoms with Crippen molar-refractivity contribution in [1.29, 1.82) is 0 Å². The van der Waals surface area contributed by atoms with E-state index in [2.05, 4.69) is 16.5 Å². The molecule has 2 saturated heterocycles. The number of benzene rings is 2. The van der Waals surface area contributed by atoms with Gasteiger partial charge >= 0.3 is 6.36 Å². The van der Waals surface area contributed by atoms with E-state index in [1.165, 1.54) is 4.90 Å². The van der Waals surface area contributed by atoms with Crippen LogP contribution in [0.1, 0.15) is 19.4 Å². The van der Waals surface area contributed by atoms with Gasteiger partial charge in [0.1, 0.15) is 11.8 Å². The minimum Gasteiger partial charge on any atom is -0.406 e. The zero-order valence-corrected chi connectivity index (χ0v) is 22.4. The number of hydrogen-bond acceptors (Lipinski definition) is 6. The number of amides is 2. The predicted molar refractivity (Wildman–Crippen MR) is 132 cm³/mol. The van der Waals surface area contributed by atoms with Crippen LogP contribution in [0.4, 0.5) is 13.2 Å². The first kappa shape index (κ1) is 28.5. The number of hydrogen-bond donors (Lipinski definition) is 1. The largest absolute Gasteiger partial charge is 0.573 e. The van der Waals surface area contributed by atoms with Crippen molar-refractivity contribution < 1.29 is 35.9 Å². The number of carbonyl (C=O) groups is 2. The molecule has 2 heterocycles. The summed E-state index contributed by atoms with van der Waals surface area (Å²) in [7, 11) is -4.66. The second kappa shape index (κ2) is 10.2. The van der Waals surface area contributed by atoms with E-state index in [1.54, 1.807) is 38.1 Å². The average Bonchev–Trinajstić information content (AvgIpc) is 2.80. The molecular weight excluding hydrogens is 570 g/mol. The molecule has 2 aromatic carbocycles. The van der Waals surface area contributed by atoms with E-state index in [0.717, 1.165) is 23.1 Å². The molecule has 2 atom stereocenters. The van der Waals surface area contributed by atoms with Gasteiger partial charge in [-0.3, -0.25) is 19.8 Å². The monoisotopic (exact) mass is 591 g/mol. The number of nitrogens with one attached hydrogen (secondary N) is 1. The first-order chi connectivity index (χ1) is 17.7. The number of nitrogens with zero attached hydrogens (tertiary/aromatic N) is 2. The summed E-state index contributed by atoms with van der Waals surface area (Å²) in [5.74, 6) is -2.00. The predicted octanol–water partition coefficient (Wildman–Crippen LogP) is 3.69. The van der Waals surface area contributed by atoms with Crippen molar-refractivity contribution in [2.24, 2.45) is 0 Å². The maximum Gasteiger partial charge on any atom is 0.573 e. The number of fused-ring (bicyclic) bond motifs is 1. The van der Waals surface area contributed by atoms with E-state index < -0.39 is 67.3 Å². The van der Waals surface area contributed by atoms with Crippen LogP contribution in [0.5, 0.6) is 5.75 Å². The lowest BCUT2D eigenvalue weighted by atomic mass is 9.97. The van der Waals surface area contributed by atoms with Crippen LogP contribution in [0.25, 0.3) is 0 Å². The van der Waals surface area contributed by atoms with E-state index in [1.807, 2.05) is 0 Å². The van der Waals surface area contributed by atoms with Gasteiger partial charge in [0.25, 0.3) is 0 Å². The molecule has 1 N–H and O–H groups in total. The zero-order valence-electron chi connectivity index (χ0n) is 20.1. The van der Waals surface area contributed by atoms with Gasteiger partial charge in [0.05, 0.1) is 22.9 Å². The highest BCUT2D eigenvalue weighted by molar-refractivity contribution is 7.93. The highest BCUT2D eigenvalue weighted by atomic mass is 35.5. The average molecular weight is 592 g/mol. The summed E-state index contributed by atoms with van der Waals surface area (Å²) in [6.07, 6.45) is -2.54. The van der Waals surface area contributed by atoms with Crippen LogP contribution in [0.3, 0.4) is 0 Å². The maximum atomic E-state index is 14.2. The molecule has 2 unspecified atom stereocenters. The van der Waals surface area contributed by atoms with E-state index in [-0.39, 0.29) is 13.0 Å². The normalized spacial score (nSPS) is 22.6. The second-order valence-corrected chi connectivity index (χ2v) is 12.0. The van der Waals surface area contributed by atoms with E-state index in [4.69, 9.17) is 23.2 Å². The molecule has 4 rings (SSSR count). The summed E-state index contributed by atoms with van der Waals surface area (Å²) >= 11 is 12.1. The Labute approximate surface area is 227 Å². The van der Waals surface area contributed by atoms with Crippen LogP contribution in [-0.2, 0) is 25.8 Å². The van der Waals surface area contributed by atoms with Crippen molar-refractivity contribution in [3.8, 4) is 5.75 Å². The first-order valence-corrected chi connectivity index (χ1v) is 13.6. The lowest BCUT2D eigenvalue weighted by Gasteiger charge is -2.55. The topological polar surface area (TPSA) is 96.0 Å². The van der Waals surface area contributed by atoms with Crippen molar-refractivity contribution in [3.05, 3.63) is 64.5 Å². The van der Waals surface area contributed by atoms with E-state index in [0.29, 0.717) is 10.6 Å². The van der Waals surface area contributed by atoms with Gasteiger partial charge in [0.15, 0.2) is 0 Å². The van der Waals surface area contributed by atoms with Crippen LogP contribution < -0.4 is 10.1 Å². The van der Waals surface area contributed by atoms with Gasteiger partial charge in [0, 0.05) is 30.1 Å². The Kier molecular flexibility index (Phi) is 7.65. The van der Waals surface area contributed by atoms with Crippen molar-refractivity contribution in [3.63, 3.8) is 0 Å². The van der Waals surface area contributed by atoms with Gasteiger partial charge in [-0.15, -0.1) is 13.2 Å². The molecule has 0 bridgehead atoms. The number of ether oxygens (including phenoxy) is 1. The maximum absolute atomic E-state index is 14.2. The molecule has 2 amide bonds. The third-order valence-corrected chi connectivity index (χ3v) is 9.28. The van der Waals surface area contributed by atoms with Crippen LogP contribution in [0, 0.1) is 6.42 Å². The molecule has 0 aliphatic carbocycles. The molecule has 14 heteroatoms. The van der Waals surface area contributed by atoms with E-state index in [9.17, 15) is 31.2 Å². The van der Waals surface area contributed by atoms with Crippen LogP contribution in [-0.4, -0.2) is 66.6 Å². The quantitative estimate of drug-likeness (QED) is 0.550. The van der Waals surface area contributed by atoms with Crippen LogP contribution >= 0.6 is 23.2 Å². The lowest BCUT2D eigenvalue weighted by molar-refractivity contribution is -0.274. The minimum atomic E-state index is -5.02. The highest BCUT2D eigenvalue weighted by Gasteiger charge is 2.62. The second-order valence-electron chi connectivity index (χ2n) is 9.04. The van der Waals surface area contributed by atoms with Gasteiger partial charge in [-0.2, -0.15) is 0 Å². The summed E-state index contributed by atoms with van der Waals surface area (Å²) in [6, 6.07) is 7.25. The molecule has 8 nitrogen and oxygen atoms in total. The Morgan fingerprint density at radius 3 is 2.39 bits per heavy atom. The Morgan fingerprint density at radius 2 is 1.82 bits per heavy atom. The molecule has 0 saturated carbocycles. The van der Waals surface area contributed by atoms with Crippen LogP contribution in [0.15, 0.2) is 47.4 Å². The fourth-order valence-electron chi connectivity index (χ4n) is 4.58. The molecular formula is C24H22Cl2F3N3O5S. The highest BCUT2D eigenvalue weighted by Crippen LogP contribution is 2.41. The summed E-state index contributed by atoms with van der Waals surface area (Å²) in [6.45, 7) is 2.70. The van der Waals surface area contributed by atoms with Crippen molar-refractivity contribution in [2.75, 3.05) is 13.1 Å². The fourth-order valence-corrected chi connectivity index (χ4v) is 7.14. The number of alkyl halides is 3. The standard InChI is InChI=1S/C24H22Cl2F3N3O5S/c1-14(2)31-13-23(38(35,36)20-8-7-17(12-18(20)26)37-24(27,28)29)30-10-9-21(33)32(23)19(22(31)34)11-15-3-5-16(25)6-4-15/h3-8,12,14,19,30H,10-11,13H2,1-2H3. The van der Waals surface area contributed by atoms with Crippen molar-refractivity contribution >= 4 is 44.9 Å². The summed E-state index contributed by atoms with van der Waals surface area (Å²) < 4.78 is 70.3. The number of halogens is 5. The number of piperazine rings is 1. The van der Waals surface area contributed by atoms with Gasteiger partial charge in [-0.25, -0.2) is 8.42 Å². The lowest BCUT2D eigenvalue weighted by Crippen LogP contribution is -2.80. The molecule has 0 spiro atoms. The van der Waals surface area contributed by atoms with Gasteiger partial charge in [-0.1, -0.05) is 35.3 Å². The number of rotatable bonds is 6. The Hall–Kier alpha value is -2.54. The minimum absolute atomic E-state index is 0.0301. The SMILES string of the molecule is CC(C)N1CC2(S(=O)(=O)c3ccc(OC(F)(F)F)cc3Cl)NC[C]C(=O)N2C(Cc2ccc(Cl)cc2)C1=O. The van der Waals surface area contributed by atoms with Crippen molar-refractivity contribution in [2.45, 2.75) is 48.6 Å². The molecule has 2 radical (unpaired) electrons. The first-order valence-electron chi connectivity index (χ1n) is 11.3. The smallest absolute Gasteiger partial charge is 0.406 e. The Bertz CT molecular complexity index is 1360. The Morgan fingerprint density at radius 1 is 1.16 bits per heavy atom. The van der Waals surface area contributed by atoms with E-state index >= 15 is 0 Å². The number of carbonyl (C=O) groups excluding carboxylic acids is 2. The summed E-state index contributed by atoms with van der Waals surface area (Å²) in [5, 5.41) is 2.74. The van der Waals surface area contributed by atoms with Gasteiger partial charge in [0.2, 0.25) is 26.6 Å². The van der Waals surface area contributed by atoms with Gasteiger partial charge < -0.3 is 9.64 Å². The summed E-state index contributed by atoms with van der Waals surface area (Å²) in [4.78, 5) is 26.4. The third kappa shape index (κ3) is 5.18. The number of sulfone groups is 1. The fraction of sp³-hybridized carbons (Fsp3) is 0.375. The Balaban J connectivity index is 1.85. The summed E-state index contributed by atoms with van der Waals surface area (Å²) in [5.41, 5.74) is 0.620. The van der Waals surface area contributed by atoms with Gasteiger partial charge in [-0.05, 0) is 43.7 Å². The van der Waals surface area contributed by atoms with Crippen LogP contribution in [0.2, 0.25) is 10.0 Å². The molecule has 204 valence electrons. The van der Waals surface area contributed by atoms with Crippen molar-refractivity contribution in [1.82, 2.24) is 15.1 Å². The zero-order chi connectivity index (χ0) is 28.0. The molecule has 2 aromatic rings. The molecule has 2 aliphatic heterocycles. The third-order valence-electron chi connectivity index (χ3n) is 6.31. The molecule has 2 fully saturated rings. The molecule has 0 aromatic heterocycles.